The normalized spacial score (nSPS) is 16.2. The summed E-state index contributed by atoms with van der Waals surface area (Å²) >= 11 is 0. The highest BCUT2D eigenvalue weighted by molar-refractivity contribution is 6.88. The van der Waals surface area contributed by atoms with E-state index in [1.54, 1.807) is 28.4 Å². The molecule has 9 aromatic carbocycles. The van der Waals surface area contributed by atoms with Crippen LogP contribution in [0.5, 0.6) is 23.0 Å². The lowest BCUT2D eigenvalue weighted by molar-refractivity contribution is -0.279. The molecule has 0 fully saturated rings. The highest BCUT2D eigenvalue weighted by atomic mass is 16.5. The standard InChI is InChI=1S/C64H48BN3O5/c1-64(2)39-73-63(66-64)47-12-10-40(11-13-47)32-34-65(35-33-41-14-15-44-17-16-42-8-7-9-43-22-29-52(41)60(44)59(42)43)67-57(53-30-27-50(71-5)36-55(53)61(67)45-18-23-48(69-3)24-19-45)38-58-54-31-28-51(72-6)37-56(54)62(68(58)65)46-20-25-49(70-4)26-21-46/h7-31,36-38H,39H2,1-6H3. The fourth-order valence-corrected chi connectivity index (χ4v) is 11.2. The van der Waals surface area contributed by atoms with Gasteiger partial charge in [-0.3, -0.25) is 0 Å². The summed E-state index contributed by atoms with van der Waals surface area (Å²) < 4.78 is 34.3. The van der Waals surface area contributed by atoms with Crippen LogP contribution in [-0.2, 0) is 4.74 Å². The van der Waals surface area contributed by atoms with E-state index in [0.717, 1.165) is 101 Å². The van der Waals surface area contributed by atoms with E-state index >= 15 is 0 Å². The van der Waals surface area contributed by atoms with Crippen molar-refractivity contribution in [1.29, 1.82) is 0 Å². The third-order valence-electron chi connectivity index (χ3n) is 14.7. The van der Waals surface area contributed by atoms with Crippen LogP contribution in [0.25, 0.3) is 66.1 Å². The zero-order valence-corrected chi connectivity index (χ0v) is 41.3. The Morgan fingerprint density at radius 1 is 0.562 bits per heavy atom. The highest BCUT2D eigenvalue weighted by Crippen LogP contribution is 2.47. The Hall–Kier alpha value is -9.18. The summed E-state index contributed by atoms with van der Waals surface area (Å²) in [6.45, 7) is 4.69. The van der Waals surface area contributed by atoms with Gasteiger partial charge in [-0.15, -0.1) is 11.8 Å². The molecule has 4 heterocycles. The minimum atomic E-state index is -2.57. The van der Waals surface area contributed by atoms with Crippen molar-refractivity contribution in [2.24, 2.45) is 4.99 Å². The Morgan fingerprint density at radius 3 is 1.84 bits per heavy atom. The lowest BCUT2D eigenvalue weighted by atomic mass is 9.45. The van der Waals surface area contributed by atoms with Gasteiger partial charge in [0.1, 0.15) is 29.6 Å². The van der Waals surface area contributed by atoms with Gasteiger partial charge in [0.15, 0.2) is 11.4 Å². The molecule has 9 heteroatoms. The van der Waals surface area contributed by atoms with Gasteiger partial charge in [0.25, 0.3) is 0 Å². The van der Waals surface area contributed by atoms with Gasteiger partial charge in [0, 0.05) is 50.5 Å². The molecule has 0 radical (unpaired) electrons. The number of methoxy groups -OCH3 is 4. The Bertz CT molecular complexity index is 4150. The largest absolute Gasteiger partial charge is 0.521 e. The summed E-state index contributed by atoms with van der Waals surface area (Å²) in [6.07, 6.45) is -0.266. The summed E-state index contributed by atoms with van der Waals surface area (Å²) in [5.74, 6) is 19.5. The summed E-state index contributed by atoms with van der Waals surface area (Å²) in [5, 5.41) is 9.12. The number of rotatable bonds is 7. The molecule has 3 aliphatic heterocycles. The molecule has 0 saturated carbocycles. The number of nitrogens with zero attached hydrogens (tertiary/aromatic N) is 3. The van der Waals surface area contributed by atoms with E-state index in [-0.39, 0.29) is 5.54 Å². The minimum Gasteiger partial charge on any atom is -0.497 e. The monoisotopic (exact) mass is 949 g/mol. The summed E-state index contributed by atoms with van der Waals surface area (Å²) in [7, 11) is 6.81. The van der Waals surface area contributed by atoms with Crippen molar-refractivity contribution in [3.8, 4) is 57.7 Å². The molecule has 0 aliphatic carbocycles. The molecule has 10 aromatic rings. The van der Waals surface area contributed by atoms with Crippen LogP contribution in [0.2, 0.25) is 0 Å². The maximum absolute atomic E-state index is 6.07. The van der Waals surface area contributed by atoms with E-state index in [4.69, 9.17) is 28.7 Å². The fourth-order valence-electron chi connectivity index (χ4n) is 11.2. The van der Waals surface area contributed by atoms with Crippen molar-refractivity contribution in [3.05, 3.63) is 203 Å². The second-order valence-electron chi connectivity index (χ2n) is 19.5. The first-order valence-corrected chi connectivity index (χ1v) is 24.5. The van der Waals surface area contributed by atoms with Crippen LogP contribution >= 0.6 is 0 Å². The molecule has 3 aliphatic rings. The smallest absolute Gasteiger partial charge is 0.497 e. The van der Waals surface area contributed by atoms with Crippen molar-refractivity contribution in [3.63, 3.8) is 0 Å². The van der Waals surface area contributed by atoms with E-state index in [0.29, 0.717) is 12.5 Å². The average Bonchev–Trinajstić information content (AvgIpc) is 4.10. The molecule has 352 valence electrons. The van der Waals surface area contributed by atoms with Gasteiger partial charge in [-0.2, -0.15) is 11.6 Å². The molecular weight excluding hydrogens is 902 g/mol. The van der Waals surface area contributed by atoms with Gasteiger partial charge >= 0.3 is 6.42 Å². The topological polar surface area (TPSA) is 66.5 Å². The summed E-state index contributed by atoms with van der Waals surface area (Å²) in [5.41, 5.74) is 10.1. The third kappa shape index (κ3) is 6.95. The Labute approximate surface area is 423 Å². The molecule has 13 rings (SSSR count). The van der Waals surface area contributed by atoms with Crippen molar-refractivity contribution in [2.75, 3.05) is 35.0 Å². The van der Waals surface area contributed by atoms with Gasteiger partial charge in [-0.25, -0.2) is 4.99 Å². The van der Waals surface area contributed by atoms with Crippen molar-refractivity contribution in [2.45, 2.75) is 19.4 Å². The number of hydrogen-bond acceptors (Lipinski definition) is 6. The fraction of sp³-hybridized carbons (Fsp3) is 0.125. The zero-order valence-electron chi connectivity index (χ0n) is 41.3. The van der Waals surface area contributed by atoms with Gasteiger partial charge < -0.3 is 32.6 Å². The Kier molecular flexibility index (Phi) is 10.0. The maximum Gasteiger partial charge on any atom is 0.521 e. The van der Waals surface area contributed by atoms with Crippen molar-refractivity contribution in [1.82, 2.24) is 4.48 Å². The molecule has 1 atom stereocenters. The Morgan fingerprint density at radius 2 is 1.15 bits per heavy atom. The lowest BCUT2D eigenvalue weighted by Crippen LogP contribution is -2.56. The zero-order chi connectivity index (χ0) is 49.6. The number of aliphatic imine (C=N–C) groups is 1. The summed E-state index contributed by atoms with van der Waals surface area (Å²) in [4.78, 5) is 4.87. The van der Waals surface area contributed by atoms with Crippen LogP contribution in [0.4, 0.5) is 0 Å². The van der Waals surface area contributed by atoms with Crippen LogP contribution in [0, 0.1) is 23.5 Å². The van der Waals surface area contributed by atoms with Crippen molar-refractivity contribution >= 4 is 72.9 Å². The first-order valence-electron chi connectivity index (χ1n) is 24.5. The second-order valence-corrected chi connectivity index (χ2v) is 19.5. The van der Waals surface area contributed by atoms with Crippen LogP contribution in [-0.4, -0.2) is 67.6 Å². The Balaban J connectivity index is 1.19. The first kappa shape index (κ1) is 43.8. The number of fused-ring (bicyclic) bond motifs is 6. The quantitative estimate of drug-likeness (QED) is 0.0905. The first-order chi connectivity index (χ1) is 35.7. The molecule has 1 aromatic heterocycles. The summed E-state index contributed by atoms with van der Waals surface area (Å²) in [6, 6.07) is 57.1. The van der Waals surface area contributed by atoms with Crippen LogP contribution in [0.3, 0.4) is 0 Å². The number of benzene rings is 9. The van der Waals surface area contributed by atoms with Gasteiger partial charge in [0.05, 0.1) is 45.1 Å². The van der Waals surface area contributed by atoms with E-state index < -0.39 is 6.42 Å². The molecule has 1 unspecified atom stereocenters. The molecule has 0 bridgehead atoms. The second kappa shape index (κ2) is 16.7. The van der Waals surface area contributed by atoms with E-state index in [9.17, 15) is 0 Å². The van der Waals surface area contributed by atoms with E-state index in [2.05, 4.69) is 168 Å². The molecule has 0 saturated heterocycles. The lowest BCUT2D eigenvalue weighted by Gasteiger charge is -2.37. The molecule has 73 heavy (non-hydrogen) atoms. The third-order valence-corrected chi connectivity index (χ3v) is 14.7. The predicted octanol–water partition coefficient (Wildman–Crippen LogP) is 12.6. The van der Waals surface area contributed by atoms with Crippen LogP contribution < -0.4 is 18.9 Å². The van der Waals surface area contributed by atoms with E-state index in [1.165, 1.54) is 26.9 Å². The minimum absolute atomic E-state index is 0.290. The van der Waals surface area contributed by atoms with Crippen LogP contribution in [0.15, 0.2) is 169 Å². The average molecular weight is 950 g/mol. The predicted molar refractivity (Wildman–Crippen MR) is 296 cm³/mol. The SMILES string of the molecule is COc1ccc(C2=[N+]3C(=Cc4c5ccc(OC)cc5c(-c5ccc(OC)cc5)n4[B-]3(C#Cc3ccc(C4=NC(C)(C)CO4)cc3)C#Cc3ccc4ccc5cccc6ccc3c4c56)c3ccc(OC)cc32)cc1. The number of hydrogen-bond donors (Lipinski definition) is 0. The molecule has 0 N–H and O–H groups in total. The molecule has 0 spiro atoms. The maximum atomic E-state index is 6.07. The molecular formula is C64H48BN3O5. The molecule has 0 amide bonds. The van der Waals surface area contributed by atoms with Crippen molar-refractivity contribution < 1.29 is 28.2 Å². The highest BCUT2D eigenvalue weighted by Gasteiger charge is 2.52. The van der Waals surface area contributed by atoms with Gasteiger partial charge in [0.2, 0.25) is 5.90 Å². The van der Waals surface area contributed by atoms with Crippen LogP contribution in [0.1, 0.15) is 52.9 Å². The molecule has 8 nitrogen and oxygen atoms in total. The van der Waals surface area contributed by atoms with Gasteiger partial charge in [-0.1, -0.05) is 48.5 Å². The number of aromatic nitrogens is 1. The van der Waals surface area contributed by atoms with Gasteiger partial charge in [-0.05, 0) is 167 Å². The van der Waals surface area contributed by atoms with E-state index in [1.807, 2.05) is 48.5 Å². The number of ether oxygens (including phenoxy) is 5.